The van der Waals surface area contributed by atoms with Crippen LogP contribution in [-0.4, -0.2) is 35.8 Å². The third-order valence-corrected chi connectivity index (χ3v) is 5.48. The second-order valence-corrected chi connectivity index (χ2v) is 7.59. The highest BCUT2D eigenvalue weighted by molar-refractivity contribution is 6.09. The van der Waals surface area contributed by atoms with Crippen LogP contribution in [0.15, 0.2) is 72.8 Å². The van der Waals surface area contributed by atoms with Crippen LogP contribution in [0.3, 0.4) is 0 Å². The molecule has 6 nitrogen and oxygen atoms in total. The van der Waals surface area contributed by atoms with E-state index in [1.165, 1.54) is 0 Å². The highest BCUT2D eigenvalue weighted by Crippen LogP contribution is 2.30. The summed E-state index contributed by atoms with van der Waals surface area (Å²) in [5.74, 6) is -0.793. The Balaban J connectivity index is 1.43. The number of fused-ring (bicyclic) bond motifs is 1. The molecule has 6 heteroatoms. The van der Waals surface area contributed by atoms with Gasteiger partial charge in [0.2, 0.25) is 5.91 Å². The summed E-state index contributed by atoms with van der Waals surface area (Å²) in [4.78, 5) is 38.8. The molecule has 30 heavy (non-hydrogen) atoms. The second kappa shape index (κ2) is 7.99. The Labute approximate surface area is 174 Å². The molecule has 1 saturated heterocycles. The fourth-order valence-corrected chi connectivity index (χ4v) is 3.73. The summed E-state index contributed by atoms with van der Waals surface area (Å²) in [6.45, 7) is 1.81. The number of benzene rings is 3. The lowest BCUT2D eigenvalue weighted by Gasteiger charge is -2.22. The van der Waals surface area contributed by atoms with Crippen molar-refractivity contribution >= 4 is 28.6 Å². The van der Waals surface area contributed by atoms with Crippen LogP contribution >= 0.6 is 0 Å². The average molecular weight is 401 g/mol. The van der Waals surface area contributed by atoms with Crippen molar-refractivity contribution in [3.63, 3.8) is 0 Å². The average Bonchev–Trinajstić information content (AvgIpc) is 2.98. The van der Waals surface area contributed by atoms with Crippen LogP contribution in [0.5, 0.6) is 0 Å². The zero-order chi connectivity index (χ0) is 21.1. The maximum atomic E-state index is 13.1. The Morgan fingerprint density at radius 2 is 1.67 bits per heavy atom. The van der Waals surface area contributed by atoms with Crippen LogP contribution in [0.2, 0.25) is 0 Å². The van der Waals surface area contributed by atoms with E-state index in [-0.39, 0.29) is 12.5 Å². The summed E-state index contributed by atoms with van der Waals surface area (Å²) in [6, 6.07) is 22.7. The number of hydrogen-bond donors (Lipinski definition) is 2. The third-order valence-electron chi connectivity index (χ3n) is 5.48. The van der Waals surface area contributed by atoms with Gasteiger partial charge in [0.15, 0.2) is 0 Å². The van der Waals surface area contributed by atoms with Crippen LogP contribution in [-0.2, 0) is 21.5 Å². The molecule has 1 aliphatic rings. The lowest BCUT2D eigenvalue weighted by molar-refractivity contribution is -0.134. The van der Waals surface area contributed by atoms with E-state index < -0.39 is 17.5 Å². The molecule has 0 spiro atoms. The van der Waals surface area contributed by atoms with E-state index in [1.807, 2.05) is 72.8 Å². The number of amides is 4. The summed E-state index contributed by atoms with van der Waals surface area (Å²) in [6.07, 6.45) is 0.682. The SMILES string of the molecule is C[C@@]1(c2ccc3ccccc3c2)NC(=O)N(CC(=O)NCCc2ccccc2)C1=O. The number of hydrogen-bond acceptors (Lipinski definition) is 3. The lowest BCUT2D eigenvalue weighted by atomic mass is 9.90. The third kappa shape index (κ3) is 3.76. The predicted octanol–water partition coefficient (Wildman–Crippen LogP) is 2.97. The molecular weight excluding hydrogens is 378 g/mol. The van der Waals surface area contributed by atoms with E-state index in [9.17, 15) is 14.4 Å². The molecular formula is C24H23N3O3. The molecule has 152 valence electrons. The van der Waals surface area contributed by atoms with Crippen molar-refractivity contribution in [3.8, 4) is 0 Å². The van der Waals surface area contributed by atoms with E-state index in [2.05, 4.69) is 10.6 Å². The molecule has 0 bridgehead atoms. The van der Waals surface area contributed by atoms with E-state index in [0.29, 0.717) is 18.5 Å². The number of nitrogens with one attached hydrogen (secondary N) is 2. The Morgan fingerprint density at radius 1 is 0.967 bits per heavy atom. The quantitative estimate of drug-likeness (QED) is 0.624. The van der Waals surface area contributed by atoms with Gasteiger partial charge in [0, 0.05) is 6.54 Å². The van der Waals surface area contributed by atoms with Crippen LogP contribution < -0.4 is 10.6 Å². The number of carbonyl (C=O) groups excluding carboxylic acids is 3. The first-order valence-corrected chi connectivity index (χ1v) is 9.91. The van der Waals surface area contributed by atoms with Crippen LogP contribution in [0.25, 0.3) is 10.8 Å². The summed E-state index contributed by atoms with van der Waals surface area (Å²) in [7, 11) is 0. The van der Waals surface area contributed by atoms with Gasteiger partial charge in [0.05, 0.1) is 0 Å². The van der Waals surface area contributed by atoms with E-state index >= 15 is 0 Å². The first-order valence-electron chi connectivity index (χ1n) is 9.91. The molecule has 2 N–H and O–H groups in total. The highest BCUT2D eigenvalue weighted by Gasteiger charge is 2.49. The monoisotopic (exact) mass is 401 g/mol. The molecule has 1 atom stereocenters. The minimum absolute atomic E-state index is 0.303. The molecule has 4 rings (SSSR count). The number of urea groups is 1. The topological polar surface area (TPSA) is 78.5 Å². The van der Waals surface area contributed by atoms with Gasteiger partial charge in [-0.05, 0) is 41.3 Å². The fraction of sp³-hybridized carbons (Fsp3) is 0.208. The van der Waals surface area contributed by atoms with Crippen LogP contribution in [0.4, 0.5) is 4.79 Å². The van der Waals surface area contributed by atoms with Gasteiger partial charge in [-0.15, -0.1) is 0 Å². The first-order chi connectivity index (χ1) is 14.5. The van der Waals surface area contributed by atoms with E-state index in [0.717, 1.165) is 21.2 Å². The van der Waals surface area contributed by atoms with Gasteiger partial charge in [-0.25, -0.2) is 4.79 Å². The normalized spacial score (nSPS) is 18.5. The Morgan fingerprint density at radius 3 is 2.43 bits per heavy atom. The molecule has 0 saturated carbocycles. The molecule has 3 aromatic rings. The van der Waals surface area contributed by atoms with Crippen molar-refractivity contribution < 1.29 is 14.4 Å². The van der Waals surface area contributed by atoms with Gasteiger partial charge in [0.25, 0.3) is 5.91 Å². The molecule has 0 radical (unpaired) electrons. The molecule has 0 aliphatic carbocycles. The Kier molecular flexibility index (Phi) is 5.23. The minimum atomic E-state index is -1.20. The van der Waals surface area contributed by atoms with Crippen molar-refractivity contribution in [1.29, 1.82) is 0 Å². The fourth-order valence-electron chi connectivity index (χ4n) is 3.73. The summed E-state index contributed by atoms with van der Waals surface area (Å²) >= 11 is 0. The van der Waals surface area contributed by atoms with Crippen molar-refractivity contribution in [2.24, 2.45) is 0 Å². The van der Waals surface area contributed by atoms with Crippen molar-refractivity contribution in [2.45, 2.75) is 18.9 Å². The zero-order valence-electron chi connectivity index (χ0n) is 16.7. The summed E-state index contributed by atoms with van der Waals surface area (Å²) in [5, 5.41) is 7.57. The Hall–Kier alpha value is -3.67. The maximum absolute atomic E-state index is 13.1. The van der Waals surface area contributed by atoms with Crippen molar-refractivity contribution in [1.82, 2.24) is 15.5 Å². The maximum Gasteiger partial charge on any atom is 0.325 e. The predicted molar refractivity (Wildman–Crippen MR) is 115 cm³/mol. The first kappa shape index (κ1) is 19.6. The number of carbonyl (C=O) groups is 3. The number of rotatable bonds is 6. The molecule has 4 amide bonds. The molecule has 1 aliphatic heterocycles. The second-order valence-electron chi connectivity index (χ2n) is 7.59. The minimum Gasteiger partial charge on any atom is -0.354 e. The van der Waals surface area contributed by atoms with E-state index in [1.54, 1.807) is 6.92 Å². The smallest absolute Gasteiger partial charge is 0.325 e. The van der Waals surface area contributed by atoms with Gasteiger partial charge in [-0.1, -0.05) is 66.7 Å². The van der Waals surface area contributed by atoms with Gasteiger partial charge >= 0.3 is 6.03 Å². The van der Waals surface area contributed by atoms with Gasteiger partial charge in [-0.2, -0.15) is 0 Å². The molecule has 3 aromatic carbocycles. The molecule has 0 unspecified atom stereocenters. The van der Waals surface area contributed by atoms with Crippen molar-refractivity contribution in [2.75, 3.05) is 13.1 Å². The van der Waals surface area contributed by atoms with Gasteiger partial charge < -0.3 is 10.6 Å². The van der Waals surface area contributed by atoms with E-state index in [4.69, 9.17) is 0 Å². The number of imide groups is 1. The number of nitrogens with zero attached hydrogens (tertiary/aromatic N) is 1. The van der Waals surface area contributed by atoms with Crippen LogP contribution in [0.1, 0.15) is 18.1 Å². The molecule has 1 fully saturated rings. The highest BCUT2D eigenvalue weighted by atomic mass is 16.2. The zero-order valence-corrected chi connectivity index (χ0v) is 16.7. The van der Waals surface area contributed by atoms with Gasteiger partial charge in [-0.3, -0.25) is 14.5 Å². The summed E-state index contributed by atoms with van der Waals surface area (Å²) in [5.41, 5.74) is 0.592. The van der Waals surface area contributed by atoms with Gasteiger partial charge in [0.1, 0.15) is 12.1 Å². The Bertz CT molecular complexity index is 1110. The summed E-state index contributed by atoms with van der Waals surface area (Å²) < 4.78 is 0. The van der Waals surface area contributed by atoms with Crippen LogP contribution in [0, 0.1) is 0 Å². The molecule has 0 aromatic heterocycles. The molecule has 1 heterocycles. The van der Waals surface area contributed by atoms with Crippen molar-refractivity contribution in [3.05, 3.63) is 83.9 Å². The standard InChI is InChI=1S/C24H23N3O3/c1-24(20-12-11-18-9-5-6-10-19(18)15-20)22(29)27(23(30)26-24)16-21(28)25-14-13-17-7-3-2-4-8-17/h2-12,15H,13-14,16H2,1H3,(H,25,28)(H,26,30)/t24-/m0/s1. The largest absolute Gasteiger partial charge is 0.354 e. The lowest BCUT2D eigenvalue weighted by Crippen LogP contribution is -2.43.